The van der Waals surface area contributed by atoms with Gasteiger partial charge in [-0.1, -0.05) is 6.92 Å². The SMILES string of the molecule is CCc1nc(C(=O)O)nn1-c1ccc(OC)c(C)c1. The van der Waals surface area contributed by atoms with Crippen LogP contribution >= 0.6 is 0 Å². The summed E-state index contributed by atoms with van der Waals surface area (Å²) in [4.78, 5) is 14.9. The van der Waals surface area contributed by atoms with Gasteiger partial charge in [-0.15, -0.1) is 5.10 Å². The van der Waals surface area contributed by atoms with Gasteiger partial charge in [-0.25, -0.2) is 14.5 Å². The van der Waals surface area contributed by atoms with Gasteiger partial charge in [0.1, 0.15) is 11.6 Å². The number of methoxy groups -OCH3 is 1. The molecule has 0 amide bonds. The van der Waals surface area contributed by atoms with Crippen LogP contribution in [0.1, 0.15) is 28.9 Å². The van der Waals surface area contributed by atoms with E-state index in [-0.39, 0.29) is 5.82 Å². The van der Waals surface area contributed by atoms with Gasteiger partial charge in [-0.3, -0.25) is 0 Å². The molecule has 0 saturated carbocycles. The van der Waals surface area contributed by atoms with E-state index in [9.17, 15) is 4.79 Å². The molecule has 0 spiro atoms. The number of benzene rings is 1. The molecule has 0 saturated heterocycles. The number of nitrogens with zero attached hydrogens (tertiary/aromatic N) is 3. The number of carbonyl (C=O) groups is 1. The van der Waals surface area contributed by atoms with Crippen LogP contribution in [0.25, 0.3) is 5.69 Å². The predicted octanol–water partition coefficient (Wildman–Crippen LogP) is 1.84. The predicted molar refractivity (Wildman–Crippen MR) is 69.0 cm³/mol. The van der Waals surface area contributed by atoms with E-state index in [1.54, 1.807) is 11.8 Å². The van der Waals surface area contributed by atoms with Crippen molar-refractivity contribution in [2.24, 2.45) is 0 Å². The van der Waals surface area contributed by atoms with E-state index in [0.29, 0.717) is 12.2 Å². The van der Waals surface area contributed by atoms with E-state index in [0.717, 1.165) is 17.0 Å². The summed E-state index contributed by atoms with van der Waals surface area (Å²) in [6.07, 6.45) is 0.603. The van der Waals surface area contributed by atoms with Crippen molar-refractivity contribution in [3.05, 3.63) is 35.4 Å². The highest BCUT2D eigenvalue weighted by molar-refractivity contribution is 5.83. The first-order valence-electron chi connectivity index (χ1n) is 5.91. The van der Waals surface area contributed by atoms with Crippen LogP contribution in [0.5, 0.6) is 5.75 Å². The molecule has 2 rings (SSSR count). The second-order valence-electron chi connectivity index (χ2n) is 4.08. The maximum Gasteiger partial charge on any atom is 0.375 e. The van der Waals surface area contributed by atoms with Gasteiger partial charge in [0.05, 0.1) is 12.8 Å². The lowest BCUT2D eigenvalue weighted by atomic mass is 10.2. The number of ether oxygens (including phenoxy) is 1. The molecule has 2 aromatic rings. The number of hydrogen-bond donors (Lipinski definition) is 1. The maximum atomic E-state index is 10.9. The van der Waals surface area contributed by atoms with Gasteiger partial charge in [0.25, 0.3) is 5.82 Å². The number of aryl methyl sites for hydroxylation is 2. The molecule has 19 heavy (non-hydrogen) atoms. The van der Waals surface area contributed by atoms with Gasteiger partial charge in [0.15, 0.2) is 0 Å². The molecule has 0 aliphatic rings. The minimum atomic E-state index is -1.13. The van der Waals surface area contributed by atoms with E-state index in [2.05, 4.69) is 10.1 Å². The molecular formula is C13H15N3O3. The van der Waals surface area contributed by atoms with Crippen LogP contribution in [-0.2, 0) is 6.42 Å². The third-order valence-electron chi connectivity index (χ3n) is 2.80. The first-order valence-corrected chi connectivity index (χ1v) is 5.91. The highest BCUT2D eigenvalue weighted by Gasteiger charge is 2.15. The summed E-state index contributed by atoms with van der Waals surface area (Å²) in [5, 5.41) is 13.0. The van der Waals surface area contributed by atoms with Crippen molar-refractivity contribution in [3.8, 4) is 11.4 Å². The van der Waals surface area contributed by atoms with Gasteiger partial charge in [-0.05, 0) is 30.7 Å². The molecule has 1 heterocycles. The zero-order chi connectivity index (χ0) is 14.0. The third kappa shape index (κ3) is 2.42. The second-order valence-corrected chi connectivity index (χ2v) is 4.08. The topological polar surface area (TPSA) is 77.2 Å². The van der Waals surface area contributed by atoms with Crippen LogP contribution in [0.15, 0.2) is 18.2 Å². The maximum absolute atomic E-state index is 10.9. The Morgan fingerprint density at radius 1 is 1.47 bits per heavy atom. The van der Waals surface area contributed by atoms with E-state index >= 15 is 0 Å². The van der Waals surface area contributed by atoms with Crippen molar-refractivity contribution in [2.75, 3.05) is 7.11 Å². The molecule has 1 N–H and O–H groups in total. The zero-order valence-corrected chi connectivity index (χ0v) is 11.0. The summed E-state index contributed by atoms with van der Waals surface area (Å²) in [5.74, 6) is 0.0753. The monoisotopic (exact) mass is 261 g/mol. The molecule has 6 nitrogen and oxygen atoms in total. The van der Waals surface area contributed by atoms with Gasteiger partial charge in [0.2, 0.25) is 0 Å². The lowest BCUT2D eigenvalue weighted by molar-refractivity contribution is 0.0683. The summed E-state index contributed by atoms with van der Waals surface area (Å²) in [6.45, 7) is 3.82. The van der Waals surface area contributed by atoms with E-state index in [4.69, 9.17) is 9.84 Å². The molecule has 0 aliphatic heterocycles. The molecule has 0 aliphatic carbocycles. The first kappa shape index (κ1) is 13.1. The van der Waals surface area contributed by atoms with Gasteiger partial charge < -0.3 is 9.84 Å². The van der Waals surface area contributed by atoms with E-state index in [1.807, 2.05) is 32.0 Å². The number of aromatic carboxylic acids is 1. The van der Waals surface area contributed by atoms with Crippen LogP contribution in [0.4, 0.5) is 0 Å². The van der Waals surface area contributed by atoms with Gasteiger partial charge >= 0.3 is 5.97 Å². The van der Waals surface area contributed by atoms with Crippen LogP contribution in [0, 0.1) is 6.92 Å². The number of carboxylic acid groups (broad SMARTS) is 1. The Bertz CT molecular complexity index is 620. The first-order chi connectivity index (χ1) is 9.06. The highest BCUT2D eigenvalue weighted by Crippen LogP contribution is 2.21. The Kier molecular flexibility index (Phi) is 3.50. The van der Waals surface area contributed by atoms with Crippen LogP contribution < -0.4 is 4.74 Å². The third-order valence-corrected chi connectivity index (χ3v) is 2.80. The average Bonchev–Trinajstić information content (AvgIpc) is 2.82. The molecule has 0 radical (unpaired) electrons. The lowest BCUT2D eigenvalue weighted by Gasteiger charge is -2.08. The summed E-state index contributed by atoms with van der Waals surface area (Å²) < 4.78 is 6.75. The Morgan fingerprint density at radius 3 is 2.74 bits per heavy atom. The molecular weight excluding hydrogens is 246 g/mol. The molecule has 6 heteroatoms. The van der Waals surface area contributed by atoms with Crippen molar-refractivity contribution < 1.29 is 14.6 Å². The number of carboxylic acids is 1. The van der Waals surface area contributed by atoms with E-state index < -0.39 is 5.97 Å². The summed E-state index contributed by atoms with van der Waals surface area (Å²) in [6, 6.07) is 5.54. The Labute approximate surface area is 110 Å². The van der Waals surface area contributed by atoms with E-state index in [1.165, 1.54) is 0 Å². The van der Waals surface area contributed by atoms with Crippen molar-refractivity contribution in [1.82, 2.24) is 14.8 Å². The fraction of sp³-hybridized carbons (Fsp3) is 0.308. The molecule has 100 valence electrons. The summed E-state index contributed by atoms with van der Waals surface area (Å²) >= 11 is 0. The molecule has 0 bridgehead atoms. The Balaban J connectivity index is 2.51. The summed E-state index contributed by atoms with van der Waals surface area (Å²) in [5.41, 5.74) is 1.73. The van der Waals surface area contributed by atoms with Crippen LogP contribution in [-0.4, -0.2) is 33.0 Å². The fourth-order valence-electron chi connectivity index (χ4n) is 1.86. The largest absolute Gasteiger partial charge is 0.496 e. The van der Waals surface area contributed by atoms with Crippen molar-refractivity contribution in [3.63, 3.8) is 0 Å². The molecule has 0 atom stereocenters. The fourth-order valence-corrected chi connectivity index (χ4v) is 1.86. The molecule has 1 aromatic carbocycles. The molecule has 0 unspecified atom stereocenters. The van der Waals surface area contributed by atoms with Gasteiger partial charge in [-0.2, -0.15) is 0 Å². The number of aromatic nitrogens is 3. The Hall–Kier alpha value is -2.37. The quantitative estimate of drug-likeness (QED) is 0.908. The smallest absolute Gasteiger partial charge is 0.375 e. The standard InChI is InChI=1S/C13H15N3O3/c1-4-11-14-12(13(17)18)15-16(11)9-5-6-10(19-3)8(2)7-9/h5-7H,4H2,1-3H3,(H,17,18). The molecule has 0 fully saturated rings. The minimum absolute atomic E-state index is 0.190. The minimum Gasteiger partial charge on any atom is -0.496 e. The van der Waals surface area contributed by atoms with Crippen molar-refractivity contribution >= 4 is 5.97 Å². The van der Waals surface area contributed by atoms with Crippen molar-refractivity contribution in [1.29, 1.82) is 0 Å². The van der Waals surface area contributed by atoms with Gasteiger partial charge in [0, 0.05) is 6.42 Å². The molecule has 1 aromatic heterocycles. The number of rotatable bonds is 4. The summed E-state index contributed by atoms with van der Waals surface area (Å²) in [7, 11) is 1.61. The van der Waals surface area contributed by atoms with Crippen LogP contribution in [0.3, 0.4) is 0 Å². The highest BCUT2D eigenvalue weighted by atomic mass is 16.5. The van der Waals surface area contributed by atoms with Crippen LogP contribution in [0.2, 0.25) is 0 Å². The average molecular weight is 261 g/mol. The second kappa shape index (κ2) is 5.09. The van der Waals surface area contributed by atoms with Crippen molar-refractivity contribution in [2.45, 2.75) is 20.3 Å². The number of hydrogen-bond acceptors (Lipinski definition) is 4. The lowest BCUT2D eigenvalue weighted by Crippen LogP contribution is -2.04. The Morgan fingerprint density at radius 2 is 2.21 bits per heavy atom. The zero-order valence-electron chi connectivity index (χ0n) is 11.0. The normalized spacial score (nSPS) is 10.5.